The summed E-state index contributed by atoms with van der Waals surface area (Å²) in [5.41, 5.74) is 0.908. The van der Waals surface area contributed by atoms with Gasteiger partial charge in [-0.25, -0.2) is 0 Å². The standard InChI is InChI=1S/C13H9NO2S2/c1-2-7-16-10-5-3-9(4-6-10)8-11-12(15)14-13(17)18-11/h1,3-6,8H,7H2,(H,14,15,17)/b11-8+. The molecule has 0 atom stereocenters. The van der Waals surface area contributed by atoms with Crippen molar-refractivity contribution in [3.63, 3.8) is 0 Å². The normalized spacial score (nSPS) is 16.5. The Balaban J connectivity index is 2.11. The molecule has 5 heteroatoms. The van der Waals surface area contributed by atoms with Crippen molar-refractivity contribution in [2.24, 2.45) is 0 Å². The average Bonchev–Trinajstić information content (AvgIpc) is 2.67. The van der Waals surface area contributed by atoms with Gasteiger partial charge in [0.15, 0.2) is 0 Å². The Morgan fingerprint density at radius 1 is 1.44 bits per heavy atom. The van der Waals surface area contributed by atoms with Gasteiger partial charge in [0.1, 0.15) is 16.7 Å². The van der Waals surface area contributed by atoms with Crippen LogP contribution >= 0.6 is 24.0 Å². The predicted octanol–water partition coefficient (Wildman–Crippen LogP) is 2.19. The monoisotopic (exact) mass is 275 g/mol. The minimum atomic E-state index is -0.155. The third-order valence-electron chi connectivity index (χ3n) is 2.14. The minimum Gasteiger partial charge on any atom is -0.481 e. The van der Waals surface area contributed by atoms with Crippen LogP contribution in [0.25, 0.3) is 6.08 Å². The first kappa shape index (κ1) is 12.7. The van der Waals surface area contributed by atoms with Crippen molar-refractivity contribution in [1.82, 2.24) is 5.32 Å². The van der Waals surface area contributed by atoms with E-state index in [-0.39, 0.29) is 12.5 Å². The highest BCUT2D eigenvalue weighted by molar-refractivity contribution is 8.26. The van der Waals surface area contributed by atoms with Crippen LogP contribution in [0.4, 0.5) is 0 Å². The molecule has 0 radical (unpaired) electrons. The van der Waals surface area contributed by atoms with E-state index in [1.807, 2.05) is 12.1 Å². The maximum Gasteiger partial charge on any atom is 0.263 e. The van der Waals surface area contributed by atoms with E-state index in [0.717, 1.165) is 5.56 Å². The molecule has 1 fully saturated rings. The number of hydrogen-bond acceptors (Lipinski definition) is 4. The molecule has 1 heterocycles. The van der Waals surface area contributed by atoms with E-state index in [0.29, 0.717) is 15.0 Å². The van der Waals surface area contributed by atoms with Crippen LogP contribution in [-0.4, -0.2) is 16.8 Å². The van der Waals surface area contributed by atoms with Gasteiger partial charge in [0, 0.05) is 0 Å². The third kappa shape index (κ3) is 3.13. The van der Waals surface area contributed by atoms with Crippen molar-refractivity contribution in [3.05, 3.63) is 34.7 Å². The summed E-state index contributed by atoms with van der Waals surface area (Å²) in [4.78, 5) is 12.1. The predicted molar refractivity (Wildman–Crippen MR) is 77.1 cm³/mol. The zero-order chi connectivity index (χ0) is 13.0. The van der Waals surface area contributed by atoms with Gasteiger partial charge in [-0.2, -0.15) is 0 Å². The van der Waals surface area contributed by atoms with Crippen LogP contribution in [0, 0.1) is 12.3 Å². The molecule has 0 unspecified atom stereocenters. The van der Waals surface area contributed by atoms with E-state index in [4.69, 9.17) is 23.4 Å². The minimum absolute atomic E-state index is 0.155. The molecule has 1 aliphatic rings. The highest BCUT2D eigenvalue weighted by Crippen LogP contribution is 2.26. The summed E-state index contributed by atoms with van der Waals surface area (Å²) in [5, 5.41) is 2.57. The molecule has 90 valence electrons. The van der Waals surface area contributed by atoms with E-state index < -0.39 is 0 Å². The fourth-order valence-corrected chi connectivity index (χ4v) is 2.40. The summed E-state index contributed by atoms with van der Waals surface area (Å²) in [7, 11) is 0. The summed E-state index contributed by atoms with van der Waals surface area (Å²) in [6.45, 7) is 0.243. The van der Waals surface area contributed by atoms with Gasteiger partial charge in [-0.15, -0.1) is 6.42 Å². The SMILES string of the molecule is C#CCOc1ccc(/C=C2/SC(=S)NC2=O)cc1. The number of ether oxygens (including phenoxy) is 1. The number of carbonyl (C=O) groups is 1. The Hall–Kier alpha value is -1.77. The van der Waals surface area contributed by atoms with Crippen molar-refractivity contribution in [1.29, 1.82) is 0 Å². The fourth-order valence-electron chi connectivity index (χ4n) is 1.36. The zero-order valence-electron chi connectivity index (χ0n) is 9.30. The first-order chi connectivity index (χ1) is 8.69. The molecule has 18 heavy (non-hydrogen) atoms. The van der Waals surface area contributed by atoms with Crippen LogP contribution in [0.15, 0.2) is 29.2 Å². The second kappa shape index (κ2) is 5.71. The summed E-state index contributed by atoms with van der Waals surface area (Å²) < 4.78 is 5.74. The number of hydrogen-bond donors (Lipinski definition) is 1. The Bertz CT molecular complexity index is 555. The zero-order valence-corrected chi connectivity index (χ0v) is 10.9. The number of thioether (sulfide) groups is 1. The number of carbonyl (C=O) groups excluding carboxylic acids is 1. The lowest BCUT2D eigenvalue weighted by Gasteiger charge is -2.02. The molecule has 0 aromatic heterocycles. The molecule has 0 spiro atoms. The van der Waals surface area contributed by atoms with Crippen LogP contribution in [0.1, 0.15) is 5.56 Å². The Labute approximate surface area is 115 Å². The number of rotatable bonds is 3. The van der Waals surface area contributed by atoms with Crippen molar-refractivity contribution >= 4 is 40.3 Å². The average molecular weight is 275 g/mol. The van der Waals surface area contributed by atoms with Crippen LogP contribution in [0.2, 0.25) is 0 Å². The van der Waals surface area contributed by atoms with E-state index in [1.54, 1.807) is 18.2 Å². The van der Waals surface area contributed by atoms with Gasteiger partial charge in [-0.1, -0.05) is 42.0 Å². The lowest BCUT2D eigenvalue weighted by Crippen LogP contribution is -2.17. The molecule has 2 rings (SSSR count). The topological polar surface area (TPSA) is 38.3 Å². The van der Waals surface area contributed by atoms with Crippen LogP contribution < -0.4 is 10.1 Å². The van der Waals surface area contributed by atoms with E-state index in [9.17, 15) is 4.79 Å². The molecular formula is C13H9NO2S2. The molecule has 1 N–H and O–H groups in total. The summed E-state index contributed by atoms with van der Waals surface area (Å²) in [6, 6.07) is 7.32. The Morgan fingerprint density at radius 3 is 2.72 bits per heavy atom. The molecule has 3 nitrogen and oxygen atoms in total. The fraction of sp³-hybridized carbons (Fsp3) is 0.0769. The van der Waals surface area contributed by atoms with Gasteiger partial charge in [-0.05, 0) is 23.8 Å². The van der Waals surface area contributed by atoms with Gasteiger partial charge in [0.05, 0.1) is 4.91 Å². The molecule has 0 bridgehead atoms. The summed E-state index contributed by atoms with van der Waals surface area (Å²) in [5.74, 6) is 2.94. The second-order valence-electron chi connectivity index (χ2n) is 3.41. The highest BCUT2D eigenvalue weighted by atomic mass is 32.2. The molecule has 1 aromatic rings. The lowest BCUT2D eigenvalue weighted by atomic mass is 10.2. The second-order valence-corrected chi connectivity index (χ2v) is 5.13. The molecule has 1 saturated heterocycles. The lowest BCUT2D eigenvalue weighted by molar-refractivity contribution is -0.115. The van der Waals surface area contributed by atoms with Gasteiger partial charge in [0.25, 0.3) is 5.91 Å². The Kier molecular flexibility index (Phi) is 4.03. The van der Waals surface area contributed by atoms with E-state index in [2.05, 4.69) is 11.2 Å². The smallest absolute Gasteiger partial charge is 0.263 e. The first-order valence-electron chi connectivity index (χ1n) is 5.10. The molecular weight excluding hydrogens is 266 g/mol. The summed E-state index contributed by atoms with van der Waals surface area (Å²) >= 11 is 6.17. The number of nitrogens with one attached hydrogen (secondary N) is 1. The van der Waals surface area contributed by atoms with Gasteiger partial charge >= 0.3 is 0 Å². The van der Waals surface area contributed by atoms with E-state index in [1.165, 1.54) is 11.8 Å². The number of amides is 1. The Morgan fingerprint density at radius 2 is 2.17 bits per heavy atom. The van der Waals surface area contributed by atoms with Gasteiger partial charge < -0.3 is 10.1 Å². The summed E-state index contributed by atoms with van der Waals surface area (Å²) in [6.07, 6.45) is 6.88. The molecule has 1 aliphatic heterocycles. The molecule has 1 amide bonds. The van der Waals surface area contributed by atoms with Gasteiger partial charge in [0.2, 0.25) is 0 Å². The molecule has 0 aliphatic carbocycles. The first-order valence-corrected chi connectivity index (χ1v) is 6.32. The van der Waals surface area contributed by atoms with Crippen LogP contribution in [-0.2, 0) is 4.79 Å². The van der Waals surface area contributed by atoms with Crippen molar-refractivity contribution in [3.8, 4) is 18.1 Å². The van der Waals surface area contributed by atoms with Crippen molar-refractivity contribution < 1.29 is 9.53 Å². The molecule has 0 saturated carbocycles. The highest BCUT2D eigenvalue weighted by Gasteiger charge is 2.21. The van der Waals surface area contributed by atoms with E-state index >= 15 is 0 Å². The van der Waals surface area contributed by atoms with Crippen molar-refractivity contribution in [2.75, 3.05) is 6.61 Å². The number of benzene rings is 1. The number of thiocarbonyl (C=S) groups is 1. The quantitative estimate of drug-likeness (QED) is 0.521. The van der Waals surface area contributed by atoms with Crippen molar-refractivity contribution in [2.45, 2.75) is 0 Å². The third-order valence-corrected chi connectivity index (χ3v) is 3.30. The van der Waals surface area contributed by atoms with Gasteiger partial charge in [-0.3, -0.25) is 4.79 Å². The number of terminal acetylenes is 1. The molecule has 1 aromatic carbocycles. The maximum atomic E-state index is 11.5. The maximum absolute atomic E-state index is 11.5. The van der Waals surface area contributed by atoms with Crippen LogP contribution in [0.3, 0.4) is 0 Å². The van der Waals surface area contributed by atoms with Crippen LogP contribution in [0.5, 0.6) is 5.75 Å². The largest absolute Gasteiger partial charge is 0.481 e.